The maximum atomic E-state index is 8.71. The van der Waals surface area contributed by atoms with E-state index in [0.29, 0.717) is 12.8 Å². The Bertz CT molecular complexity index is 731. The summed E-state index contributed by atoms with van der Waals surface area (Å²) in [6, 6.07) is 20.5. The summed E-state index contributed by atoms with van der Waals surface area (Å²) in [4.78, 5) is 2.35. The Hall–Kier alpha value is -3.18. The van der Waals surface area contributed by atoms with Crippen molar-refractivity contribution in [3.63, 3.8) is 0 Å². The van der Waals surface area contributed by atoms with E-state index in [1.807, 2.05) is 24.3 Å². The highest BCUT2D eigenvalue weighted by Gasteiger charge is 2.07. The second-order valence-electron chi connectivity index (χ2n) is 6.51. The Morgan fingerprint density at radius 3 is 1.70 bits per heavy atom. The molecule has 0 fully saturated rings. The largest absolute Gasteiger partial charge is 0.399 e. The number of anilines is 4. The van der Waals surface area contributed by atoms with Crippen molar-refractivity contribution in [2.24, 2.45) is 0 Å². The number of hydrogen-bond donors (Lipinski definition) is 2. The van der Waals surface area contributed by atoms with Crippen molar-refractivity contribution in [1.29, 1.82) is 10.5 Å². The molecule has 3 N–H and O–H groups in total. The molecule has 140 valence electrons. The lowest BCUT2D eigenvalue weighted by atomic mass is 10.1. The maximum Gasteiger partial charge on any atom is 0.0621 e. The molecule has 2 aromatic rings. The van der Waals surface area contributed by atoms with Gasteiger partial charge in [0, 0.05) is 48.7 Å². The van der Waals surface area contributed by atoms with Crippen LogP contribution < -0.4 is 16.0 Å². The van der Waals surface area contributed by atoms with E-state index in [1.165, 1.54) is 5.69 Å². The lowest BCUT2D eigenvalue weighted by molar-refractivity contribution is 0.656. The summed E-state index contributed by atoms with van der Waals surface area (Å²) in [5.41, 5.74) is 9.67. The summed E-state index contributed by atoms with van der Waals surface area (Å²) >= 11 is 0. The van der Waals surface area contributed by atoms with E-state index >= 15 is 0 Å². The van der Waals surface area contributed by atoms with Crippen LogP contribution in [0.4, 0.5) is 22.7 Å². The maximum absolute atomic E-state index is 8.71. The van der Waals surface area contributed by atoms with E-state index in [9.17, 15) is 0 Å². The molecule has 0 aliphatic carbocycles. The minimum absolute atomic E-state index is 0.604. The van der Waals surface area contributed by atoms with Crippen molar-refractivity contribution in [2.45, 2.75) is 38.5 Å². The zero-order valence-corrected chi connectivity index (χ0v) is 15.7. The van der Waals surface area contributed by atoms with Crippen LogP contribution in [0.5, 0.6) is 0 Å². The molecular weight excluding hydrogens is 334 g/mol. The highest BCUT2D eigenvalue weighted by Crippen LogP contribution is 2.23. The first-order valence-corrected chi connectivity index (χ1v) is 9.44. The standard InChI is InChI=1S/C22H27N5/c23-15-3-1-5-17-27(18-6-2-4-16-24)22-13-11-21(12-14-22)26-20-9-7-19(25)8-10-20/h7-14,26H,1-6,17-18,25H2. The summed E-state index contributed by atoms with van der Waals surface area (Å²) in [5, 5.41) is 20.8. The molecule has 2 rings (SSSR count). The number of hydrogen-bond acceptors (Lipinski definition) is 5. The van der Waals surface area contributed by atoms with Gasteiger partial charge in [-0.2, -0.15) is 10.5 Å². The molecular formula is C22H27N5. The first-order valence-electron chi connectivity index (χ1n) is 9.44. The number of benzene rings is 2. The van der Waals surface area contributed by atoms with Crippen LogP contribution >= 0.6 is 0 Å². The minimum Gasteiger partial charge on any atom is -0.399 e. The molecule has 5 nitrogen and oxygen atoms in total. The van der Waals surface area contributed by atoms with Gasteiger partial charge in [0.05, 0.1) is 12.1 Å². The third-order valence-corrected chi connectivity index (χ3v) is 4.37. The highest BCUT2D eigenvalue weighted by atomic mass is 15.1. The Kier molecular flexibility index (Phi) is 8.53. The monoisotopic (exact) mass is 361 g/mol. The number of nitrogens with one attached hydrogen (secondary N) is 1. The quantitative estimate of drug-likeness (QED) is 0.424. The second kappa shape index (κ2) is 11.4. The molecule has 0 aliphatic heterocycles. The van der Waals surface area contributed by atoms with Gasteiger partial charge >= 0.3 is 0 Å². The molecule has 0 radical (unpaired) electrons. The lowest BCUT2D eigenvalue weighted by Gasteiger charge is -2.25. The number of rotatable bonds is 11. The van der Waals surface area contributed by atoms with E-state index in [4.69, 9.17) is 16.3 Å². The van der Waals surface area contributed by atoms with Gasteiger partial charge in [0.25, 0.3) is 0 Å². The molecule has 2 aromatic carbocycles. The second-order valence-corrected chi connectivity index (χ2v) is 6.51. The predicted molar refractivity (Wildman–Crippen MR) is 112 cm³/mol. The molecule has 0 aromatic heterocycles. The molecule has 0 atom stereocenters. The van der Waals surface area contributed by atoms with Gasteiger partial charge in [0.1, 0.15) is 0 Å². The van der Waals surface area contributed by atoms with Crippen LogP contribution in [0.15, 0.2) is 48.5 Å². The first-order chi connectivity index (χ1) is 13.2. The van der Waals surface area contributed by atoms with Crippen LogP contribution in [0, 0.1) is 22.7 Å². The van der Waals surface area contributed by atoms with Crippen LogP contribution in [0.25, 0.3) is 0 Å². The van der Waals surface area contributed by atoms with Crippen molar-refractivity contribution >= 4 is 22.7 Å². The van der Waals surface area contributed by atoms with Crippen molar-refractivity contribution < 1.29 is 0 Å². The summed E-state index contributed by atoms with van der Waals surface area (Å²) in [6.07, 6.45) is 5.04. The third-order valence-electron chi connectivity index (χ3n) is 4.37. The van der Waals surface area contributed by atoms with Gasteiger partial charge in [-0.1, -0.05) is 0 Å². The fourth-order valence-corrected chi connectivity index (χ4v) is 2.87. The molecule has 0 aliphatic rings. The van der Waals surface area contributed by atoms with Gasteiger partial charge in [0.15, 0.2) is 0 Å². The molecule has 0 spiro atoms. The van der Waals surface area contributed by atoms with E-state index in [1.54, 1.807) is 0 Å². The van der Waals surface area contributed by atoms with Crippen LogP contribution in [0.3, 0.4) is 0 Å². The molecule has 0 unspecified atom stereocenters. The van der Waals surface area contributed by atoms with Crippen LogP contribution in [-0.4, -0.2) is 13.1 Å². The number of nitriles is 2. The van der Waals surface area contributed by atoms with Crippen LogP contribution in [0.1, 0.15) is 38.5 Å². The van der Waals surface area contributed by atoms with Crippen molar-refractivity contribution in [3.05, 3.63) is 48.5 Å². The van der Waals surface area contributed by atoms with Crippen molar-refractivity contribution in [3.8, 4) is 12.1 Å². The minimum atomic E-state index is 0.604. The van der Waals surface area contributed by atoms with E-state index in [0.717, 1.165) is 55.8 Å². The summed E-state index contributed by atoms with van der Waals surface area (Å²) in [5.74, 6) is 0. The van der Waals surface area contributed by atoms with Crippen molar-refractivity contribution in [1.82, 2.24) is 0 Å². The lowest BCUT2D eigenvalue weighted by Crippen LogP contribution is -2.25. The predicted octanol–water partition coefficient (Wildman–Crippen LogP) is 5.21. The Balaban J connectivity index is 1.97. The van der Waals surface area contributed by atoms with Gasteiger partial charge in [0.2, 0.25) is 0 Å². The fraction of sp³-hybridized carbons (Fsp3) is 0.364. The van der Waals surface area contributed by atoms with E-state index < -0.39 is 0 Å². The fourth-order valence-electron chi connectivity index (χ4n) is 2.87. The molecule has 0 amide bonds. The topological polar surface area (TPSA) is 88.9 Å². The molecule has 0 bridgehead atoms. The molecule has 0 saturated heterocycles. The Morgan fingerprint density at radius 1 is 0.741 bits per heavy atom. The SMILES string of the molecule is N#CCCCCN(CCCCC#N)c1ccc(Nc2ccc(N)cc2)cc1. The normalized spacial score (nSPS) is 10.0. The average Bonchev–Trinajstić information content (AvgIpc) is 2.69. The van der Waals surface area contributed by atoms with Gasteiger partial charge < -0.3 is 16.0 Å². The van der Waals surface area contributed by atoms with Crippen LogP contribution in [0.2, 0.25) is 0 Å². The molecule has 27 heavy (non-hydrogen) atoms. The third kappa shape index (κ3) is 7.30. The number of nitrogens with zero attached hydrogens (tertiary/aromatic N) is 3. The van der Waals surface area contributed by atoms with Gasteiger partial charge in [-0.25, -0.2) is 0 Å². The zero-order chi connectivity index (χ0) is 19.3. The number of nitrogens with two attached hydrogens (primary N) is 1. The Morgan fingerprint density at radius 2 is 1.22 bits per heavy atom. The van der Waals surface area contributed by atoms with Gasteiger partial charge in [-0.05, 0) is 74.2 Å². The summed E-state index contributed by atoms with van der Waals surface area (Å²) < 4.78 is 0. The average molecular weight is 361 g/mol. The Labute approximate surface area is 162 Å². The highest BCUT2D eigenvalue weighted by molar-refractivity contribution is 5.64. The van der Waals surface area contributed by atoms with Crippen LogP contribution in [-0.2, 0) is 0 Å². The molecule has 5 heteroatoms. The van der Waals surface area contributed by atoms with Gasteiger partial charge in [-0.15, -0.1) is 0 Å². The summed E-state index contributed by atoms with van der Waals surface area (Å²) in [7, 11) is 0. The molecule has 0 saturated carbocycles. The first kappa shape index (κ1) is 20.1. The van der Waals surface area contributed by atoms with E-state index in [-0.39, 0.29) is 0 Å². The number of unbranched alkanes of at least 4 members (excludes halogenated alkanes) is 4. The zero-order valence-electron chi connectivity index (χ0n) is 15.7. The summed E-state index contributed by atoms with van der Waals surface area (Å²) in [6.45, 7) is 1.86. The number of nitrogen functional groups attached to an aromatic ring is 1. The van der Waals surface area contributed by atoms with E-state index in [2.05, 4.69) is 46.6 Å². The van der Waals surface area contributed by atoms with Gasteiger partial charge in [-0.3, -0.25) is 0 Å². The smallest absolute Gasteiger partial charge is 0.0621 e. The molecule has 0 heterocycles. The van der Waals surface area contributed by atoms with Crippen molar-refractivity contribution in [2.75, 3.05) is 29.0 Å².